The van der Waals surface area contributed by atoms with E-state index in [0.717, 1.165) is 0 Å². The Morgan fingerprint density at radius 2 is 1.89 bits per heavy atom. The Hall–Kier alpha value is -1.56. The first-order valence-electron chi connectivity index (χ1n) is 5.14. The first-order chi connectivity index (χ1) is 9.11. The van der Waals surface area contributed by atoms with Crippen molar-refractivity contribution in [2.24, 2.45) is 0 Å². The Morgan fingerprint density at radius 1 is 1.05 bits per heavy atom. The molecule has 0 aliphatic rings. The van der Waals surface area contributed by atoms with Crippen molar-refractivity contribution in [3.8, 4) is 0 Å². The lowest BCUT2D eigenvalue weighted by Crippen LogP contribution is -1.94. The van der Waals surface area contributed by atoms with E-state index < -0.39 is 0 Å². The largest absolute Gasteiger partial charge is 0.423 e. The Balaban J connectivity index is 1.98. The number of halogens is 3. The van der Waals surface area contributed by atoms with Crippen LogP contribution in [0, 0.1) is 0 Å². The van der Waals surface area contributed by atoms with Crippen molar-refractivity contribution in [1.29, 1.82) is 0 Å². The first kappa shape index (κ1) is 12.5. The molecule has 5 nitrogen and oxygen atoms in total. The van der Waals surface area contributed by atoms with E-state index in [2.05, 4.69) is 20.5 Å². The van der Waals surface area contributed by atoms with Gasteiger partial charge in [-0.3, -0.25) is 0 Å². The van der Waals surface area contributed by atoms with Crippen molar-refractivity contribution in [2.45, 2.75) is 0 Å². The minimum atomic E-state index is 0.171. The molecular formula is C11H5Cl3N4O. The van der Waals surface area contributed by atoms with E-state index in [1.54, 1.807) is 18.2 Å². The normalized spacial score (nSPS) is 10.9. The van der Waals surface area contributed by atoms with Crippen LogP contribution in [0.4, 0.5) is 11.7 Å². The lowest BCUT2D eigenvalue weighted by atomic mass is 10.3. The number of hydrogen-bond acceptors (Lipinski definition) is 5. The van der Waals surface area contributed by atoms with Gasteiger partial charge in [-0.05, 0) is 12.1 Å². The van der Waals surface area contributed by atoms with Gasteiger partial charge in [0.1, 0.15) is 5.52 Å². The number of aromatic nitrogens is 3. The summed E-state index contributed by atoms with van der Waals surface area (Å²) in [6.07, 6.45) is 0. The molecule has 1 aromatic carbocycles. The second-order valence-electron chi connectivity index (χ2n) is 3.63. The molecule has 0 amide bonds. The quantitative estimate of drug-likeness (QED) is 0.763. The molecule has 19 heavy (non-hydrogen) atoms. The summed E-state index contributed by atoms with van der Waals surface area (Å²) in [5.41, 5.74) is 1.70. The Bertz CT molecular complexity index is 759. The van der Waals surface area contributed by atoms with Gasteiger partial charge < -0.3 is 9.73 Å². The van der Waals surface area contributed by atoms with Crippen LogP contribution in [0.2, 0.25) is 15.3 Å². The molecule has 0 unspecified atom stereocenters. The summed E-state index contributed by atoms with van der Waals surface area (Å²) < 4.78 is 5.49. The highest BCUT2D eigenvalue weighted by molar-refractivity contribution is 6.33. The van der Waals surface area contributed by atoms with E-state index in [9.17, 15) is 0 Å². The zero-order chi connectivity index (χ0) is 13.4. The maximum absolute atomic E-state index is 5.88. The molecule has 96 valence electrons. The first-order valence-corrected chi connectivity index (χ1v) is 6.27. The van der Waals surface area contributed by atoms with Gasteiger partial charge in [0, 0.05) is 17.2 Å². The van der Waals surface area contributed by atoms with Gasteiger partial charge >= 0.3 is 0 Å². The summed E-state index contributed by atoms with van der Waals surface area (Å²) >= 11 is 17.5. The summed E-state index contributed by atoms with van der Waals surface area (Å²) in [4.78, 5) is 4.23. The average molecular weight is 316 g/mol. The number of benzene rings is 1. The van der Waals surface area contributed by atoms with Crippen LogP contribution in [0.25, 0.3) is 11.1 Å². The van der Waals surface area contributed by atoms with Crippen molar-refractivity contribution >= 4 is 57.6 Å². The lowest BCUT2D eigenvalue weighted by Gasteiger charge is -2.02. The number of nitrogens with zero attached hydrogens (tertiary/aromatic N) is 3. The number of rotatable bonds is 2. The van der Waals surface area contributed by atoms with Gasteiger partial charge in [0.05, 0.1) is 5.69 Å². The molecule has 0 saturated heterocycles. The summed E-state index contributed by atoms with van der Waals surface area (Å²) in [5, 5.41) is 11.1. The highest BCUT2D eigenvalue weighted by Crippen LogP contribution is 2.27. The fourth-order valence-electron chi connectivity index (χ4n) is 1.51. The summed E-state index contributed by atoms with van der Waals surface area (Å²) in [6, 6.07) is 6.95. The zero-order valence-corrected chi connectivity index (χ0v) is 11.5. The minimum absolute atomic E-state index is 0.171. The Morgan fingerprint density at radius 3 is 2.74 bits per heavy atom. The number of nitrogens with one attached hydrogen (secondary N) is 1. The van der Waals surface area contributed by atoms with E-state index in [4.69, 9.17) is 39.2 Å². The molecule has 1 N–H and O–H groups in total. The van der Waals surface area contributed by atoms with Gasteiger partial charge in [0.25, 0.3) is 6.01 Å². The topological polar surface area (TPSA) is 63.8 Å². The van der Waals surface area contributed by atoms with Gasteiger partial charge in [-0.25, -0.2) is 0 Å². The highest BCUT2D eigenvalue weighted by Gasteiger charge is 2.10. The molecule has 3 rings (SSSR count). The van der Waals surface area contributed by atoms with Gasteiger partial charge in [0.15, 0.2) is 15.9 Å². The molecule has 0 saturated carbocycles. The van der Waals surface area contributed by atoms with E-state index >= 15 is 0 Å². The third-order valence-corrected chi connectivity index (χ3v) is 3.01. The fraction of sp³-hybridized carbons (Fsp3) is 0. The molecule has 3 aromatic rings. The van der Waals surface area contributed by atoms with Crippen LogP contribution in [0.3, 0.4) is 0 Å². The smallest absolute Gasteiger partial charge is 0.300 e. The predicted octanol–water partition coefficient (Wildman–Crippen LogP) is 4.32. The molecule has 0 aliphatic heterocycles. The van der Waals surface area contributed by atoms with E-state index in [1.165, 1.54) is 6.07 Å². The summed E-state index contributed by atoms with van der Waals surface area (Å²) in [6.45, 7) is 0. The molecule has 0 spiro atoms. The highest BCUT2D eigenvalue weighted by atomic mass is 35.5. The van der Waals surface area contributed by atoms with Crippen molar-refractivity contribution < 1.29 is 4.42 Å². The monoisotopic (exact) mass is 314 g/mol. The second kappa shape index (κ2) is 4.85. The fourth-order valence-corrected chi connectivity index (χ4v) is 1.96. The van der Waals surface area contributed by atoms with E-state index in [0.29, 0.717) is 21.8 Å². The van der Waals surface area contributed by atoms with Gasteiger partial charge in [-0.1, -0.05) is 34.8 Å². The van der Waals surface area contributed by atoms with Crippen LogP contribution in [0.1, 0.15) is 0 Å². The molecule has 0 aliphatic carbocycles. The van der Waals surface area contributed by atoms with Crippen LogP contribution in [-0.4, -0.2) is 15.2 Å². The second-order valence-corrected chi connectivity index (χ2v) is 4.81. The van der Waals surface area contributed by atoms with Crippen molar-refractivity contribution in [2.75, 3.05) is 5.32 Å². The van der Waals surface area contributed by atoms with Crippen molar-refractivity contribution in [1.82, 2.24) is 15.2 Å². The minimum Gasteiger partial charge on any atom is -0.423 e. The zero-order valence-electron chi connectivity index (χ0n) is 9.19. The Kier molecular flexibility index (Phi) is 3.18. The van der Waals surface area contributed by atoms with E-state index in [1.807, 2.05) is 0 Å². The van der Waals surface area contributed by atoms with Crippen LogP contribution < -0.4 is 5.32 Å². The third-order valence-electron chi connectivity index (χ3n) is 2.31. The number of anilines is 2. The molecule has 0 fully saturated rings. The maximum atomic E-state index is 5.88. The van der Waals surface area contributed by atoms with Crippen LogP contribution in [-0.2, 0) is 0 Å². The number of hydrogen-bond donors (Lipinski definition) is 1. The summed E-state index contributed by atoms with van der Waals surface area (Å²) in [5.74, 6) is 0. The third kappa shape index (κ3) is 2.58. The van der Waals surface area contributed by atoms with Gasteiger partial charge in [-0.15, -0.1) is 10.2 Å². The molecule has 2 aromatic heterocycles. The molecule has 2 heterocycles. The van der Waals surface area contributed by atoms with Crippen LogP contribution in [0.15, 0.2) is 28.7 Å². The van der Waals surface area contributed by atoms with Crippen LogP contribution >= 0.6 is 34.8 Å². The molecule has 0 bridgehead atoms. The lowest BCUT2D eigenvalue weighted by molar-refractivity contribution is 0.623. The van der Waals surface area contributed by atoms with Gasteiger partial charge in [-0.2, -0.15) is 4.98 Å². The Labute approximate surface area is 122 Å². The van der Waals surface area contributed by atoms with Crippen LogP contribution in [0.5, 0.6) is 0 Å². The molecule has 0 radical (unpaired) electrons. The van der Waals surface area contributed by atoms with Crippen molar-refractivity contribution in [3.63, 3.8) is 0 Å². The number of oxazole rings is 1. The SMILES string of the molecule is Clc1ccc2nc(Nc3cc(Cl)nnc3Cl)oc2c1. The predicted molar refractivity (Wildman–Crippen MR) is 74.4 cm³/mol. The molecular weight excluding hydrogens is 311 g/mol. The summed E-state index contributed by atoms with van der Waals surface area (Å²) in [7, 11) is 0. The van der Waals surface area contributed by atoms with E-state index in [-0.39, 0.29) is 16.3 Å². The standard InChI is InChI=1S/C11H5Cl3N4O/c12-5-1-2-6-8(3-5)19-11(15-6)16-7-4-9(13)17-18-10(7)14/h1-4H,(H,15,16,17). The number of fused-ring (bicyclic) bond motifs is 1. The average Bonchev–Trinajstić information content (AvgIpc) is 2.75. The molecule has 8 heteroatoms. The van der Waals surface area contributed by atoms with Crippen molar-refractivity contribution in [3.05, 3.63) is 39.6 Å². The molecule has 0 atom stereocenters. The maximum Gasteiger partial charge on any atom is 0.300 e. The van der Waals surface area contributed by atoms with Gasteiger partial charge in [0.2, 0.25) is 0 Å².